The van der Waals surface area contributed by atoms with Crippen LogP contribution in [-0.2, 0) is 11.2 Å². The molecule has 1 saturated carbocycles. The summed E-state index contributed by atoms with van der Waals surface area (Å²) in [6.07, 6.45) is 6.14. The fourth-order valence-corrected chi connectivity index (χ4v) is 3.60. The van der Waals surface area contributed by atoms with Gasteiger partial charge in [0.15, 0.2) is 0 Å². The van der Waals surface area contributed by atoms with E-state index in [0.717, 1.165) is 37.9 Å². The molecule has 1 heterocycles. The van der Waals surface area contributed by atoms with Crippen molar-refractivity contribution in [3.05, 3.63) is 29.3 Å². The molecule has 3 nitrogen and oxygen atoms in total. The van der Waals surface area contributed by atoms with Crippen LogP contribution in [0.25, 0.3) is 0 Å². The summed E-state index contributed by atoms with van der Waals surface area (Å²) in [6.45, 7) is 2.95. The van der Waals surface area contributed by atoms with E-state index in [4.69, 9.17) is 5.73 Å². The number of anilines is 1. The number of carbonyl (C=O) groups is 1. The first kappa shape index (κ1) is 16.3. The second kappa shape index (κ2) is 6.80. The van der Waals surface area contributed by atoms with Crippen molar-refractivity contribution in [3.63, 3.8) is 0 Å². The van der Waals surface area contributed by atoms with Crippen molar-refractivity contribution in [3.8, 4) is 0 Å². The third-order valence-electron chi connectivity index (χ3n) is 4.82. The lowest BCUT2D eigenvalue weighted by atomic mass is 9.96. The number of hydrogen-bond acceptors (Lipinski definition) is 2. The molecule has 0 saturated heterocycles. The molecule has 3 rings (SSSR count). The predicted octanol–water partition coefficient (Wildman–Crippen LogP) is 3.21. The molecule has 0 spiro atoms. The highest BCUT2D eigenvalue weighted by Gasteiger charge is 2.30. The molecule has 1 aromatic rings. The molecule has 1 aromatic carbocycles. The zero-order chi connectivity index (χ0) is 14.1. The number of nitrogens with zero attached hydrogens (tertiary/aromatic N) is 1. The monoisotopic (exact) mass is 308 g/mol. The van der Waals surface area contributed by atoms with Crippen molar-refractivity contribution in [1.29, 1.82) is 0 Å². The Bertz CT molecular complexity index is 518. The summed E-state index contributed by atoms with van der Waals surface area (Å²) >= 11 is 0. The first-order chi connectivity index (χ1) is 9.65. The minimum Gasteiger partial charge on any atom is -0.327 e. The molecule has 2 N–H and O–H groups in total. The zero-order valence-electron chi connectivity index (χ0n) is 12.7. The summed E-state index contributed by atoms with van der Waals surface area (Å²) in [5.74, 6) is 0.650. The topological polar surface area (TPSA) is 46.3 Å². The van der Waals surface area contributed by atoms with Gasteiger partial charge in [-0.3, -0.25) is 4.79 Å². The van der Waals surface area contributed by atoms with Crippen LogP contribution in [0.4, 0.5) is 5.69 Å². The largest absolute Gasteiger partial charge is 0.327 e. The molecule has 0 aromatic heterocycles. The van der Waals surface area contributed by atoms with Crippen molar-refractivity contribution in [2.45, 2.75) is 51.5 Å². The van der Waals surface area contributed by atoms with Crippen LogP contribution in [-0.4, -0.2) is 18.5 Å². The Labute approximate surface area is 133 Å². The molecule has 1 aliphatic heterocycles. The number of fused-ring (bicyclic) bond motifs is 1. The number of amides is 1. The third-order valence-corrected chi connectivity index (χ3v) is 4.82. The minimum atomic E-state index is 0. The quantitative estimate of drug-likeness (QED) is 0.912. The number of aryl methyl sites for hydroxylation is 2. The molecule has 2 atom stereocenters. The van der Waals surface area contributed by atoms with Crippen molar-refractivity contribution < 1.29 is 4.79 Å². The van der Waals surface area contributed by atoms with Gasteiger partial charge in [-0.05, 0) is 55.7 Å². The van der Waals surface area contributed by atoms with Crippen molar-refractivity contribution in [1.82, 2.24) is 0 Å². The lowest BCUT2D eigenvalue weighted by molar-refractivity contribution is -0.119. The van der Waals surface area contributed by atoms with Crippen LogP contribution in [0.15, 0.2) is 18.2 Å². The van der Waals surface area contributed by atoms with Crippen LogP contribution in [0.2, 0.25) is 0 Å². The molecule has 21 heavy (non-hydrogen) atoms. The zero-order valence-corrected chi connectivity index (χ0v) is 13.5. The Morgan fingerprint density at radius 2 is 2.14 bits per heavy atom. The van der Waals surface area contributed by atoms with E-state index in [2.05, 4.69) is 25.1 Å². The SMILES string of the molecule is Cc1ccc2c(c1)N(C(=O)C[C@@H]1CCC[C@H]1N)CCC2.Cl. The smallest absolute Gasteiger partial charge is 0.227 e. The van der Waals surface area contributed by atoms with Crippen LogP contribution < -0.4 is 10.6 Å². The van der Waals surface area contributed by atoms with Gasteiger partial charge in [0, 0.05) is 24.7 Å². The maximum atomic E-state index is 12.6. The third kappa shape index (κ3) is 3.41. The summed E-state index contributed by atoms with van der Waals surface area (Å²) < 4.78 is 0. The Hall–Kier alpha value is -1.06. The van der Waals surface area contributed by atoms with Gasteiger partial charge in [0.1, 0.15) is 0 Å². The number of hydrogen-bond donors (Lipinski definition) is 1. The van der Waals surface area contributed by atoms with E-state index in [1.807, 2.05) is 4.90 Å². The molecule has 0 unspecified atom stereocenters. The van der Waals surface area contributed by atoms with Gasteiger partial charge in [0.2, 0.25) is 5.91 Å². The molecule has 116 valence electrons. The summed E-state index contributed by atoms with van der Waals surface area (Å²) in [6, 6.07) is 6.69. The van der Waals surface area contributed by atoms with E-state index in [9.17, 15) is 4.79 Å². The van der Waals surface area contributed by atoms with E-state index in [1.165, 1.54) is 17.5 Å². The van der Waals surface area contributed by atoms with Crippen LogP contribution >= 0.6 is 12.4 Å². The number of halogens is 1. The molecular formula is C17H25ClN2O. The van der Waals surface area contributed by atoms with Gasteiger partial charge >= 0.3 is 0 Å². The number of rotatable bonds is 2. The molecule has 1 fully saturated rings. The van der Waals surface area contributed by atoms with Gasteiger partial charge < -0.3 is 10.6 Å². The Balaban J connectivity index is 0.00000161. The first-order valence-corrected chi connectivity index (χ1v) is 7.80. The maximum Gasteiger partial charge on any atom is 0.227 e. The first-order valence-electron chi connectivity index (χ1n) is 7.80. The molecular weight excluding hydrogens is 284 g/mol. The summed E-state index contributed by atoms with van der Waals surface area (Å²) in [5.41, 5.74) is 9.77. The summed E-state index contributed by atoms with van der Waals surface area (Å²) in [7, 11) is 0. The van der Waals surface area contributed by atoms with E-state index in [-0.39, 0.29) is 24.4 Å². The molecule has 4 heteroatoms. The highest BCUT2D eigenvalue weighted by atomic mass is 35.5. The Kier molecular flexibility index (Phi) is 5.28. The Morgan fingerprint density at radius 3 is 2.86 bits per heavy atom. The van der Waals surface area contributed by atoms with Gasteiger partial charge in [0.25, 0.3) is 0 Å². The van der Waals surface area contributed by atoms with Crippen LogP contribution in [0, 0.1) is 12.8 Å². The number of benzene rings is 1. The van der Waals surface area contributed by atoms with Gasteiger partial charge in [0.05, 0.1) is 0 Å². The van der Waals surface area contributed by atoms with Crippen molar-refractivity contribution in [2.75, 3.05) is 11.4 Å². The molecule has 2 aliphatic rings. The molecule has 1 amide bonds. The average molecular weight is 309 g/mol. The van der Waals surface area contributed by atoms with Gasteiger partial charge in [-0.25, -0.2) is 0 Å². The number of carbonyl (C=O) groups excluding carboxylic acids is 1. The van der Waals surface area contributed by atoms with E-state index in [0.29, 0.717) is 12.3 Å². The molecule has 1 aliphatic carbocycles. The molecule has 0 radical (unpaired) electrons. The van der Waals surface area contributed by atoms with E-state index >= 15 is 0 Å². The summed E-state index contributed by atoms with van der Waals surface area (Å²) in [4.78, 5) is 14.6. The highest BCUT2D eigenvalue weighted by molar-refractivity contribution is 5.94. The predicted molar refractivity (Wildman–Crippen MR) is 89.0 cm³/mol. The lowest BCUT2D eigenvalue weighted by Crippen LogP contribution is -2.38. The van der Waals surface area contributed by atoms with E-state index < -0.39 is 0 Å². The molecule has 0 bridgehead atoms. The van der Waals surface area contributed by atoms with Gasteiger partial charge in [-0.1, -0.05) is 18.6 Å². The minimum absolute atomic E-state index is 0. The second-order valence-corrected chi connectivity index (χ2v) is 6.34. The second-order valence-electron chi connectivity index (χ2n) is 6.34. The standard InChI is InChI=1S/C17H24N2O.ClH/c1-12-7-8-13-5-3-9-19(16(13)10-12)17(20)11-14-4-2-6-15(14)18;/h7-8,10,14-15H,2-6,9,11,18H2,1H3;1H/t14-,15+;/m0./s1. The fourth-order valence-electron chi connectivity index (χ4n) is 3.60. The van der Waals surface area contributed by atoms with E-state index in [1.54, 1.807) is 0 Å². The van der Waals surface area contributed by atoms with Crippen molar-refractivity contribution in [2.24, 2.45) is 11.7 Å². The average Bonchev–Trinajstić information content (AvgIpc) is 2.83. The fraction of sp³-hybridized carbons (Fsp3) is 0.588. The maximum absolute atomic E-state index is 12.6. The summed E-state index contributed by atoms with van der Waals surface area (Å²) in [5, 5.41) is 0. The Morgan fingerprint density at radius 1 is 1.33 bits per heavy atom. The normalized spacial score (nSPS) is 24.4. The van der Waals surface area contributed by atoms with Crippen molar-refractivity contribution >= 4 is 24.0 Å². The van der Waals surface area contributed by atoms with Gasteiger partial charge in [-0.15, -0.1) is 12.4 Å². The van der Waals surface area contributed by atoms with Gasteiger partial charge in [-0.2, -0.15) is 0 Å². The number of nitrogens with two attached hydrogens (primary N) is 1. The van der Waals surface area contributed by atoms with Crippen LogP contribution in [0.3, 0.4) is 0 Å². The lowest BCUT2D eigenvalue weighted by Gasteiger charge is -2.31. The highest BCUT2D eigenvalue weighted by Crippen LogP contribution is 2.32. The van der Waals surface area contributed by atoms with Crippen LogP contribution in [0.1, 0.15) is 43.2 Å². The van der Waals surface area contributed by atoms with Crippen LogP contribution in [0.5, 0.6) is 0 Å².